The number of nitrogens with two attached hydrogens (primary N) is 1. The highest BCUT2D eigenvalue weighted by molar-refractivity contribution is 6.34. The monoisotopic (exact) mass is 254 g/mol. The van der Waals surface area contributed by atoms with Crippen molar-refractivity contribution in [2.45, 2.75) is 0 Å². The van der Waals surface area contributed by atoms with E-state index in [1.54, 1.807) is 12.3 Å². The van der Waals surface area contributed by atoms with Gasteiger partial charge >= 0.3 is 0 Å². The third-order valence-corrected chi connectivity index (χ3v) is 3.23. The van der Waals surface area contributed by atoms with Gasteiger partial charge in [0.15, 0.2) is 0 Å². The van der Waals surface area contributed by atoms with E-state index in [0.29, 0.717) is 10.7 Å². The van der Waals surface area contributed by atoms with Gasteiger partial charge in [-0.05, 0) is 18.2 Å². The Morgan fingerprint density at radius 3 is 2.61 bits per heavy atom. The summed E-state index contributed by atoms with van der Waals surface area (Å²) in [6, 6.07) is 15.6. The van der Waals surface area contributed by atoms with Crippen molar-refractivity contribution in [1.29, 1.82) is 0 Å². The molecule has 2 aromatic carbocycles. The Labute approximate surface area is 110 Å². The van der Waals surface area contributed by atoms with E-state index in [4.69, 9.17) is 17.3 Å². The van der Waals surface area contributed by atoms with E-state index in [9.17, 15) is 0 Å². The molecule has 1 heterocycles. The predicted octanol–water partition coefficient (Wildman–Crippen LogP) is 4.14. The van der Waals surface area contributed by atoms with E-state index < -0.39 is 0 Å². The number of aromatic nitrogens is 1. The SMILES string of the molecule is Nc1ccc(-c2cccc3cccnc23)c(Cl)c1. The van der Waals surface area contributed by atoms with Gasteiger partial charge in [0.2, 0.25) is 0 Å². The number of para-hydroxylation sites is 1. The first kappa shape index (κ1) is 11.1. The number of fused-ring (bicyclic) bond motifs is 1. The molecule has 0 atom stereocenters. The van der Waals surface area contributed by atoms with Crippen molar-refractivity contribution >= 4 is 28.2 Å². The molecule has 18 heavy (non-hydrogen) atoms. The van der Waals surface area contributed by atoms with Crippen molar-refractivity contribution in [3.63, 3.8) is 0 Å². The largest absolute Gasteiger partial charge is 0.399 e. The van der Waals surface area contributed by atoms with Crippen LogP contribution in [0.25, 0.3) is 22.0 Å². The Morgan fingerprint density at radius 2 is 1.78 bits per heavy atom. The second-order valence-corrected chi connectivity index (χ2v) is 4.53. The number of benzene rings is 2. The predicted molar refractivity (Wildman–Crippen MR) is 76.6 cm³/mol. The van der Waals surface area contributed by atoms with Gasteiger partial charge in [-0.2, -0.15) is 0 Å². The van der Waals surface area contributed by atoms with Crippen LogP contribution in [0.5, 0.6) is 0 Å². The molecule has 1 aromatic heterocycles. The number of hydrogen-bond acceptors (Lipinski definition) is 2. The van der Waals surface area contributed by atoms with Crippen LogP contribution < -0.4 is 5.73 Å². The van der Waals surface area contributed by atoms with Crippen LogP contribution in [0.1, 0.15) is 0 Å². The van der Waals surface area contributed by atoms with Crippen LogP contribution >= 0.6 is 11.6 Å². The summed E-state index contributed by atoms with van der Waals surface area (Å²) in [5.74, 6) is 0. The smallest absolute Gasteiger partial charge is 0.0780 e. The van der Waals surface area contributed by atoms with Gasteiger partial charge in [-0.25, -0.2) is 0 Å². The van der Waals surface area contributed by atoms with Crippen molar-refractivity contribution in [3.05, 3.63) is 59.8 Å². The maximum Gasteiger partial charge on any atom is 0.0780 e. The molecular weight excluding hydrogens is 244 g/mol. The molecule has 0 aliphatic heterocycles. The summed E-state index contributed by atoms with van der Waals surface area (Å²) < 4.78 is 0. The number of pyridine rings is 1. The quantitative estimate of drug-likeness (QED) is 0.663. The average molecular weight is 255 g/mol. The van der Waals surface area contributed by atoms with Crippen molar-refractivity contribution in [3.8, 4) is 11.1 Å². The van der Waals surface area contributed by atoms with E-state index in [1.807, 2.05) is 42.5 Å². The molecule has 3 aromatic rings. The molecule has 88 valence electrons. The van der Waals surface area contributed by atoms with Crippen LogP contribution in [0.2, 0.25) is 5.02 Å². The average Bonchev–Trinajstić information content (AvgIpc) is 2.38. The van der Waals surface area contributed by atoms with Crippen LogP contribution in [-0.4, -0.2) is 4.98 Å². The molecule has 3 heteroatoms. The van der Waals surface area contributed by atoms with Crippen molar-refractivity contribution in [2.24, 2.45) is 0 Å². The fourth-order valence-electron chi connectivity index (χ4n) is 2.07. The molecular formula is C15H11ClN2. The zero-order valence-electron chi connectivity index (χ0n) is 9.60. The minimum Gasteiger partial charge on any atom is -0.399 e. The van der Waals surface area contributed by atoms with Gasteiger partial charge in [-0.3, -0.25) is 4.98 Å². The highest BCUT2D eigenvalue weighted by Crippen LogP contribution is 2.33. The molecule has 0 unspecified atom stereocenters. The minimum atomic E-state index is 0.646. The van der Waals surface area contributed by atoms with Gasteiger partial charge in [0.25, 0.3) is 0 Å². The fourth-order valence-corrected chi connectivity index (χ4v) is 2.36. The summed E-state index contributed by atoms with van der Waals surface area (Å²) in [6.45, 7) is 0. The molecule has 0 saturated carbocycles. The van der Waals surface area contributed by atoms with Gasteiger partial charge in [0.1, 0.15) is 0 Å². The Kier molecular flexibility index (Phi) is 2.65. The second-order valence-electron chi connectivity index (χ2n) is 4.12. The molecule has 2 N–H and O–H groups in total. The van der Waals surface area contributed by atoms with Gasteiger partial charge in [-0.1, -0.05) is 41.9 Å². The fraction of sp³-hybridized carbons (Fsp3) is 0. The molecule has 0 radical (unpaired) electrons. The number of rotatable bonds is 1. The van der Waals surface area contributed by atoms with Crippen molar-refractivity contribution < 1.29 is 0 Å². The lowest BCUT2D eigenvalue weighted by atomic mass is 10.0. The van der Waals surface area contributed by atoms with E-state index in [0.717, 1.165) is 22.0 Å². The van der Waals surface area contributed by atoms with Crippen molar-refractivity contribution in [2.75, 3.05) is 5.73 Å². The maximum absolute atomic E-state index is 6.26. The third kappa shape index (κ3) is 1.81. The lowest BCUT2D eigenvalue weighted by Gasteiger charge is -2.08. The first-order valence-electron chi connectivity index (χ1n) is 5.65. The van der Waals surface area contributed by atoms with E-state index in [-0.39, 0.29) is 0 Å². The zero-order valence-corrected chi connectivity index (χ0v) is 10.4. The lowest BCUT2D eigenvalue weighted by Crippen LogP contribution is -1.88. The van der Waals surface area contributed by atoms with Gasteiger partial charge in [0, 0.05) is 28.4 Å². The number of anilines is 1. The first-order chi connectivity index (χ1) is 8.75. The number of hydrogen-bond donors (Lipinski definition) is 1. The molecule has 0 saturated heterocycles. The van der Waals surface area contributed by atoms with Gasteiger partial charge in [0.05, 0.1) is 10.5 Å². The Hall–Kier alpha value is -2.06. The number of nitrogen functional groups attached to an aromatic ring is 1. The van der Waals surface area contributed by atoms with E-state index in [2.05, 4.69) is 4.98 Å². The van der Waals surface area contributed by atoms with Crippen LogP contribution in [0, 0.1) is 0 Å². The molecule has 3 rings (SSSR count). The van der Waals surface area contributed by atoms with E-state index >= 15 is 0 Å². The summed E-state index contributed by atoms with van der Waals surface area (Å²) in [7, 11) is 0. The lowest BCUT2D eigenvalue weighted by molar-refractivity contribution is 1.41. The van der Waals surface area contributed by atoms with E-state index in [1.165, 1.54) is 0 Å². The Bertz CT molecular complexity index is 717. The summed E-state index contributed by atoms with van der Waals surface area (Å²) in [5.41, 5.74) is 9.31. The summed E-state index contributed by atoms with van der Waals surface area (Å²) >= 11 is 6.26. The molecule has 0 amide bonds. The van der Waals surface area contributed by atoms with Crippen LogP contribution in [0.4, 0.5) is 5.69 Å². The molecule has 0 bridgehead atoms. The highest BCUT2D eigenvalue weighted by atomic mass is 35.5. The van der Waals surface area contributed by atoms with Crippen molar-refractivity contribution in [1.82, 2.24) is 4.98 Å². The topological polar surface area (TPSA) is 38.9 Å². The highest BCUT2D eigenvalue weighted by Gasteiger charge is 2.08. The molecule has 0 aliphatic carbocycles. The summed E-state index contributed by atoms with van der Waals surface area (Å²) in [6.07, 6.45) is 1.79. The van der Waals surface area contributed by atoms with Crippen LogP contribution in [0.3, 0.4) is 0 Å². The second kappa shape index (κ2) is 4.31. The number of halogens is 1. The molecule has 0 spiro atoms. The Morgan fingerprint density at radius 1 is 0.944 bits per heavy atom. The Balaban J connectivity index is 2.31. The zero-order chi connectivity index (χ0) is 12.5. The molecule has 2 nitrogen and oxygen atoms in total. The number of nitrogens with zero attached hydrogens (tertiary/aromatic N) is 1. The normalized spacial score (nSPS) is 10.7. The molecule has 0 fully saturated rings. The standard InChI is InChI=1S/C15H11ClN2/c16-14-9-11(17)6-7-12(14)13-5-1-3-10-4-2-8-18-15(10)13/h1-9H,17H2. The molecule has 0 aliphatic rings. The summed E-state index contributed by atoms with van der Waals surface area (Å²) in [5, 5.41) is 1.75. The maximum atomic E-state index is 6.26. The first-order valence-corrected chi connectivity index (χ1v) is 6.02. The van der Waals surface area contributed by atoms with Crippen LogP contribution in [-0.2, 0) is 0 Å². The van der Waals surface area contributed by atoms with Gasteiger partial charge in [-0.15, -0.1) is 0 Å². The third-order valence-electron chi connectivity index (χ3n) is 2.92. The summed E-state index contributed by atoms with van der Waals surface area (Å²) in [4.78, 5) is 4.43. The van der Waals surface area contributed by atoms with Crippen LogP contribution in [0.15, 0.2) is 54.7 Å². The van der Waals surface area contributed by atoms with Gasteiger partial charge < -0.3 is 5.73 Å². The minimum absolute atomic E-state index is 0.646.